The first kappa shape index (κ1) is 20.8. The highest BCUT2D eigenvalue weighted by Gasteiger charge is 2.17. The Bertz CT molecular complexity index is 1200. The zero-order valence-corrected chi connectivity index (χ0v) is 17.6. The summed E-state index contributed by atoms with van der Waals surface area (Å²) in [6, 6.07) is 13.4. The van der Waals surface area contributed by atoms with Crippen LogP contribution in [0.4, 0.5) is 11.7 Å². The van der Waals surface area contributed by atoms with Gasteiger partial charge < -0.3 is 9.73 Å². The fourth-order valence-corrected chi connectivity index (χ4v) is 3.43. The largest absolute Gasteiger partial charge is 0.403 e. The van der Waals surface area contributed by atoms with Crippen molar-refractivity contribution < 1.29 is 14.0 Å². The Morgan fingerprint density at radius 2 is 1.61 bits per heavy atom. The van der Waals surface area contributed by atoms with E-state index in [0.717, 1.165) is 12.8 Å². The minimum absolute atomic E-state index is 0.0528. The predicted octanol–water partition coefficient (Wildman–Crippen LogP) is 5.42. The van der Waals surface area contributed by atoms with Gasteiger partial charge in [0.25, 0.3) is 11.8 Å². The summed E-state index contributed by atoms with van der Waals surface area (Å²) >= 11 is 12.1. The minimum atomic E-state index is -0.455. The highest BCUT2D eigenvalue weighted by molar-refractivity contribution is 6.36. The number of carbonyl (C=O) groups excluding carboxylic acids is 2. The maximum atomic E-state index is 12.4. The van der Waals surface area contributed by atoms with Crippen LogP contribution >= 0.6 is 23.2 Å². The average Bonchev–Trinajstić information content (AvgIpc) is 3.23. The van der Waals surface area contributed by atoms with Crippen LogP contribution in [0.3, 0.4) is 0 Å². The molecular formula is C22H16Cl2N4O3. The van der Waals surface area contributed by atoms with E-state index in [9.17, 15) is 9.59 Å². The molecule has 0 unspecified atom stereocenters. The molecule has 1 aromatic heterocycles. The van der Waals surface area contributed by atoms with Crippen LogP contribution in [-0.2, 0) is 4.79 Å². The number of amides is 2. The summed E-state index contributed by atoms with van der Waals surface area (Å²) in [5, 5.41) is 13.9. The van der Waals surface area contributed by atoms with Gasteiger partial charge in [0.05, 0.1) is 16.2 Å². The molecule has 3 aromatic rings. The molecular weight excluding hydrogens is 439 g/mol. The van der Waals surface area contributed by atoms with E-state index in [-0.39, 0.29) is 17.8 Å². The van der Waals surface area contributed by atoms with Gasteiger partial charge in [-0.3, -0.25) is 14.9 Å². The van der Waals surface area contributed by atoms with Crippen molar-refractivity contribution in [2.45, 2.75) is 12.8 Å². The normalized spacial score (nSPS) is 13.2. The van der Waals surface area contributed by atoms with Gasteiger partial charge in [0.15, 0.2) is 0 Å². The Kier molecular flexibility index (Phi) is 6.16. The summed E-state index contributed by atoms with van der Waals surface area (Å²) < 4.78 is 5.51. The monoisotopic (exact) mass is 454 g/mol. The molecule has 9 heteroatoms. The summed E-state index contributed by atoms with van der Waals surface area (Å²) in [6.07, 6.45) is 5.26. The van der Waals surface area contributed by atoms with E-state index < -0.39 is 5.91 Å². The van der Waals surface area contributed by atoms with E-state index >= 15 is 0 Å². The third-order valence-corrected chi connectivity index (χ3v) is 5.18. The van der Waals surface area contributed by atoms with Crippen molar-refractivity contribution in [3.8, 4) is 11.5 Å². The third-order valence-electron chi connectivity index (χ3n) is 4.49. The van der Waals surface area contributed by atoms with Crippen LogP contribution in [0.1, 0.15) is 23.2 Å². The molecule has 2 amide bonds. The van der Waals surface area contributed by atoms with Crippen molar-refractivity contribution in [2.75, 3.05) is 10.6 Å². The number of hydrogen-bond acceptors (Lipinski definition) is 5. The molecule has 4 rings (SSSR count). The number of carbonyl (C=O) groups is 2. The van der Waals surface area contributed by atoms with Gasteiger partial charge in [-0.2, -0.15) is 0 Å². The van der Waals surface area contributed by atoms with Gasteiger partial charge in [-0.15, -0.1) is 5.10 Å². The van der Waals surface area contributed by atoms with Crippen LogP contribution in [0.5, 0.6) is 0 Å². The summed E-state index contributed by atoms with van der Waals surface area (Å²) in [5.41, 5.74) is 1.98. The first-order chi connectivity index (χ1) is 15.0. The average molecular weight is 455 g/mol. The standard InChI is InChI=1S/C22H16Cl2N4O3/c23-17-7-3-1-5-15(17)19(29)25-14-11-9-13(10-12-14)21-27-28-22(31-21)26-20(30)16-6-2-4-8-18(16)24/h2,4-12H,1,3H2,(H,25,29)(H,26,28,30). The van der Waals surface area contributed by atoms with E-state index in [4.69, 9.17) is 27.6 Å². The topological polar surface area (TPSA) is 97.1 Å². The van der Waals surface area contributed by atoms with Gasteiger partial charge >= 0.3 is 6.01 Å². The quantitative estimate of drug-likeness (QED) is 0.535. The number of nitrogens with one attached hydrogen (secondary N) is 2. The van der Waals surface area contributed by atoms with Crippen LogP contribution in [0.15, 0.2) is 75.7 Å². The van der Waals surface area contributed by atoms with Crippen molar-refractivity contribution >= 4 is 46.7 Å². The molecule has 0 aliphatic heterocycles. The molecule has 0 fully saturated rings. The number of anilines is 2. The van der Waals surface area contributed by atoms with Crippen molar-refractivity contribution in [3.63, 3.8) is 0 Å². The zero-order valence-electron chi connectivity index (χ0n) is 16.1. The summed E-state index contributed by atoms with van der Waals surface area (Å²) in [4.78, 5) is 24.7. The van der Waals surface area contributed by atoms with Crippen LogP contribution < -0.4 is 10.6 Å². The number of benzene rings is 2. The van der Waals surface area contributed by atoms with Crippen LogP contribution in [0, 0.1) is 0 Å². The first-order valence-electron chi connectivity index (χ1n) is 9.38. The maximum Gasteiger partial charge on any atom is 0.322 e. The van der Waals surface area contributed by atoms with E-state index in [1.165, 1.54) is 0 Å². The fourth-order valence-electron chi connectivity index (χ4n) is 2.94. The number of halogens is 2. The molecule has 7 nitrogen and oxygen atoms in total. The Labute approximate surface area is 187 Å². The minimum Gasteiger partial charge on any atom is -0.403 e. The molecule has 2 aromatic carbocycles. The Hall–Kier alpha value is -3.42. The Balaban J connectivity index is 1.42. The lowest BCUT2D eigenvalue weighted by Gasteiger charge is -2.11. The van der Waals surface area contributed by atoms with Crippen molar-refractivity contribution in [1.82, 2.24) is 10.2 Å². The maximum absolute atomic E-state index is 12.4. The number of allylic oxidation sites excluding steroid dienone is 2. The molecule has 1 aliphatic rings. The lowest BCUT2D eigenvalue weighted by atomic mass is 10.1. The second-order valence-corrected chi connectivity index (χ2v) is 7.44. The molecule has 0 saturated carbocycles. The van der Waals surface area contributed by atoms with Crippen LogP contribution in [-0.4, -0.2) is 22.0 Å². The first-order valence-corrected chi connectivity index (χ1v) is 10.1. The van der Waals surface area contributed by atoms with Crippen molar-refractivity contribution in [1.29, 1.82) is 0 Å². The summed E-state index contributed by atoms with van der Waals surface area (Å²) in [7, 11) is 0. The highest BCUT2D eigenvalue weighted by atomic mass is 35.5. The zero-order chi connectivity index (χ0) is 21.8. The van der Waals surface area contributed by atoms with E-state index in [1.807, 2.05) is 12.2 Å². The molecule has 2 N–H and O–H groups in total. The number of nitrogens with zero attached hydrogens (tertiary/aromatic N) is 2. The van der Waals surface area contributed by atoms with Gasteiger partial charge in [0.1, 0.15) is 0 Å². The molecule has 0 bridgehead atoms. The fraction of sp³-hybridized carbons (Fsp3) is 0.0909. The van der Waals surface area contributed by atoms with E-state index in [0.29, 0.717) is 32.4 Å². The van der Waals surface area contributed by atoms with Gasteiger partial charge in [-0.1, -0.05) is 52.6 Å². The molecule has 0 spiro atoms. The number of aromatic nitrogens is 2. The predicted molar refractivity (Wildman–Crippen MR) is 119 cm³/mol. The smallest absolute Gasteiger partial charge is 0.322 e. The van der Waals surface area contributed by atoms with Gasteiger partial charge in [-0.05, 0) is 49.2 Å². The van der Waals surface area contributed by atoms with E-state index in [1.54, 1.807) is 48.5 Å². The summed E-state index contributed by atoms with van der Waals surface area (Å²) in [6.45, 7) is 0. The van der Waals surface area contributed by atoms with Crippen molar-refractivity contribution in [3.05, 3.63) is 81.9 Å². The molecule has 0 saturated heterocycles. The van der Waals surface area contributed by atoms with Gasteiger partial charge in [-0.25, -0.2) is 0 Å². The van der Waals surface area contributed by atoms with E-state index in [2.05, 4.69) is 20.8 Å². The Morgan fingerprint density at radius 1 is 0.871 bits per heavy atom. The number of hydrogen-bond donors (Lipinski definition) is 2. The molecule has 1 aliphatic carbocycles. The molecule has 156 valence electrons. The van der Waals surface area contributed by atoms with Crippen LogP contribution in [0.2, 0.25) is 5.02 Å². The number of rotatable bonds is 5. The third kappa shape index (κ3) is 4.84. The highest BCUT2D eigenvalue weighted by Crippen LogP contribution is 2.25. The molecule has 0 atom stereocenters. The molecule has 31 heavy (non-hydrogen) atoms. The SMILES string of the molecule is O=C(Nc1ccc(-c2nnc(NC(=O)c3ccccc3Cl)o2)cc1)C1=CCCC=C1Cl. The lowest BCUT2D eigenvalue weighted by Crippen LogP contribution is -2.15. The van der Waals surface area contributed by atoms with Gasteiger partial charge in [0, 0.05) is 16.3 Å². The summed E-state index contributed by atoms with van der Waals surface area (Å²) in [5.74, 6) is -0.507. The van der Waals surface area contributed by atoms with Gasteiger partial charge in [0.2, 0.25) is 5.89 Å². The second kappa shape index (κ2) is 9.16. The second-order valence-electron chi connectivity index (χ2n) is 6.63. The molecule has 0 radical (unpaired) electrons. The lowest BCUT2D eigenvalue weighted by molar-refractivity contribution is -0.112. The van der Waals surface area contributed by atoms with Crippen LogP contribution in [0.25, 0.3) is 11.5 Å². The molecule has 1 heterocycles. The van der Waals surface area contributed by atoms with Crippen molar-refractivity contribution in [2.24, 2.45) is 0 Å². The Morgan fingerprint density at radius 3 is 2.35 bits per heavy atom.